The highest BCUT2D eigenvalue weighted by Crippen LogP contribution is 2.33. The third kappa shape index (κ3) is 4.01. The molecule has 0 unspecified atom stereocenters. The minimum Gasteiger partial charge on any atom is -0.497 e. The van der Waals surface area contributed by atoms with E-state index in [-0.39, 0.29) is 39.8 Å². The molecule has 1 aliphatic heterocycles. The molecule has 0 spiro atoms. The van der Waals surface area contributed by atoms with Gasteiger partial charge in [0.1, 0.15) is 11.5 Å². The Bertz CT molecular complexity index is 1170. The molecule has 0 aliphatic carbocycles. The lowest BCUT2D eigenvalue weighted by Crippen LogP contribution is -2.29. The highest BCUT2D eigenvalue weighted by Gasteiger charge is 2.36. The first-order valence-electron chi connectivity index (χ1n) is 8.50. The van der Waals surface area contributed by atoms with Gasteiger partial charge in [0.25, 0.3) is 10.0 Å². The number of methoxy groups -OCH3 is 2. The Hall–Kier alpha value is -2.79. The van der Waals surface area contributed by atoms with E-state index in [0.29, 0.717) is 5.75 Å². The number of hydrogen-bond acceptors (Lipinski definition) is 7. The molecule has 1 amide bonds. The number of ether oxygens (including phenoxy) is 2. The summed E-state index contributed by atoms with van der Waals surface area (Å²) in [6.45, 7) is 1.52. The molecule has 1 heterocycles. The average molecular weight is 440 g/mol. The van der Waals surface area contributed by atoms with Gasteiger partial charge in [-0.1, -0.05) is 0 Å². The fraction of sp³-hybridized carbons (Fsp3) is 0.278. The number of anilines is 2. The zero-order valence-corrected chi connectivity index (χ0v) is 17.6. The Morgan fingerprint density at radius 3 is 2.34 bits per heavy atom. The van der Waals surface area contributed by atoms with Gasteiger partial charge in [0.2, 0.25) is 15.9 Å². The third-order valence-corrected chi connectivity index (χ3v) is 7.63. The zero-order chi connectivity index (χ0) is 21.4. The van der Waals surface area contributed by atoms with Crippen LogP contribution in [0.4, 0.5) is 11.4 Å². The van der Waals surface area contributed by atoms with Crippen molar-refractivity contribution in [3.8, 4) is 11.5 Å². The van der Waals surface area contributed by atoms with Crippen LogP contribution in [-0.2, 0) is 24.8 Å². The predicted molar refractivity (Wildman–Crippen MR) is 107 cm³/mol. The number of carbonyl (C=O) groups is 1. The number of rotatable bonds is 6. The normalized spacial score (nSPS) is 16.0. The molecule has 29 heavy (non-hydrogen) atoms. The summed E-state index contributed by atoms with van der Waals surface area (Å²) < 4.78 is 63.4. The first-order chi connectivity index (χ1) is 13.6. The molecular formula is C18H20N2O7S2. The van der Waals surface area contributed by atoms with Crippen LogP contribution in [0.2, 0.25) is 0 Å². The SMILES string of the molecule is COc1ccc(NS(=O)(=O)c2ccc(N3C(=O)CCS3(=O)=O)cc2C)c(OC)c1. The van der Waals surface area contributed by atoms with Crippen molar-refractivity contribution < 1.29 is 31.1 Å². The van der Waals surface area contributed by atoms with E-state index in [9.17, 15) is 21.6 Å². The lowest BCUT2D eigenvalue weighted by molar-refractivity contribution is -0.116. The van der Waals surface area contributed by atoms with Crippen LogP contribution in [0.15, 0.2) is 41.3 Å². The van der Waals surface area contributed by atoms with Crippen LogP contribution < -0.4 is 18.5 Å². The van der Waals surface area contributed by atoms with Crippen molar-refractivity contribution in [1.29, 1.82) is 0 Å². The van der Waals surface area contributed by atoms with Gasteiger partial charge < -0.3 is 9.47 Å². The van der Waals surface area contributed by atoms with Crippen LogP contribution in [0.1, 0.15) is 12.0 Å². The van der Waals surface area contributed by atoms with E-state index in [1.807, 2.05) is 0 Å². The molecule has 1 saturated heterocycles. The van der Waals surface area contributed by atoms with Crippen molar-refractivity contribution in [3.63, 3.8) is 0 Å². The van der Waals surface area contributed by atoms with Crippen LogP contribution in [0.5, 0.6) is 11.5 Å². The van der Waals surface area contributed by atoms with Crippen molar-refractivity contribution in [2.75, 3.05) is 29.0 Å². The van der Waals surface area contributed by atoms with Crippen LogP contribution in [0.3, 0.4) is 0 Å². The summed E-state index contributed by atoms with van der Waals surface area (Å²) >= 11 is 0. The molecule has 1 fully saturated rings. The number of sulfonamides is 2. The minimum absolute atomic E-state index is 0.0526. The molecule has 1 aliphatic rings. The van der Waals surface area contributed by atoms with E-state index >= 15 is 0 Å². The Balaban J connectivity index is 1.95. The first-order valence-corrected chi connectivity index (χ1v) is 11.6. The minimum atomic E-state index is -4.00. The largest absolute Gasteiger partial charge is 0.497 e. The summed E-state index contributed by atoms with van der Waals surface area (Å²) in [5, 5.41) is 0. The highest BCUT2D eigenvalue weighted by atomic mass is 32.2. The lowest BCUT2D eigenvalue weighted by Gasteiger charge is -2.18. The van der Waals surface area contributed by atoms with E-state index in [4.69, 9.17) is 9.47 Å². The molecule has 2 aromatic rings. The molecule has 11 heteroatoms. The molecule has 9 nitrogen and oxygen atoms in total. The maximum absolute atomic E-state index is 12.9. The maximum Gasteiger partial charge on any atom is 0.262 e. The van der Waals surface area contributed by atoms with E-state index in [2.05, 4.69) is 4.72 Å². The summed E-state index contributed by atoms with van der Waals surface area (Å²) in [4.78, 5) is 11.9. The summed E-state index contributed by atoms with van der Waals surface area (Å²) in [5.74, 6) is -0.0251. The second kappa shape index (κ2) is 7.56. The van der Waals surface area contributed by atoms with E-state index in [1.165, 1.54) is 51.5 Å². The second-order valence-electron chi connectivity index (χ2n) is 6.35. The van der Waals surface area contributed by atoms with E-state index < -0.39 is 26.0 Å². The van der Waals surface area contributed by atoms with Crippen molar-refractivity contribution >= 4 is 37.3 Å². The molecule has 156 valence electrons. The molecule has 3 rings (SSSR count). The van der Waals surface area contributed by atoms with Gasteiger partial charge in [0.05, 0.1) is 36.2 Å². The Kier molecular flexibility index (Phi) is 5.46. The van der Waals surface area contributed by atoms with Crippen molar-refractivity contribution in [2.24, 2.45) is 0 Å². The van der Waals surface area contributed by atoms with Crippen molar-refractivity contribution in [2.45, 2.75) is 18.2 Å². The predicted octanol–water partition coefficient (Wildman–Crippen LogP) is 1.88. The Morgan fingerprint density at radius 2 is 1.79 bits per heavy atom. The van der Waals surface area contributed by atoms with Gasteiger partial charge in [-0.05, 0) is 42.8 Å². The van der Waals surface area contributed by atoms with Crippen LogP contribution in [-0.4, -0.2) is 42.7 Å². The zero-order valence-electron chi connectivity index (χ0n) is 16.0. The standard InChI is InChI=1S/C18H20N2O7S2/c1-12-10-13(20-18(21)8-9-28(20,22)23)4-7-17(12)29(24,25)19-15-6-5-14(26-2)11-16(15)27-3/h4-7,10-11,19H,8-9H2,1-3H3. The average Bonchev–Trinajstić information content (AvgIpc) is 2.94. The monoisotopic (exact) mass is 440 g/mol. The van der Waals surface area contributed by atoms with Crippen LogP contribution in [0.25, 0.3) is 0 Å². The highest BCUT2D eigenvalue weighted by molar-refractivity contribution is 7.94. The first kappa shape index (κ1) is 20.9. The number of nitrogens with zero attached hydrogens (tertiary/aromatic N) is 1. The number of aryl methyl sites for hydroxylation is 1. The lowest BCUT2D eigenvalue weighted by atomic mass is 10.2. The molecule has 0 saturated carbocycles. The number of nitrogens with one attached hydrogen (secondary N) is 1. The van der Waals surface area contributed by atoms with Crippen molar-refractivity contribution in [3.05, 3.63) is 42.0 Å². The van der Waals surface area contributed by atoms with E-state index in [1.54, 1.807) is 6.07 Å². The summed E-state index contributed by atoms with van der Waals surface area (Å²) in [5.41, 5.74) is 0.623. The van der Waals surface area contributed by atoms with Gasteiger partial charge in [-0.2, -0.15) is 0 Å². The van der Waals surface area contributed by atoms with Gasteiger partial charge >= 0.3 is 0 Å². The maximum atomic E-state index is 12.9. The number of amides is 1. The fourth-order valence-corrected chi connectivity index (χ4v) is 5.76. The number of carbonyl (C=O) groups excluding carboxylic acids is 1. The summed E-state index contributed by atoms with van der Waals surface area (Å²) in [6, 6.07) is 8.56. The fourth-order valence-electron chi connectivity index (χ4n) is 3.01. The van der Waals surface area contributed by atoms with Crippen molar-refractivity contribution in [1.82, 2.24) is 0 Å². The molecule has 0 aromatic heterocycles. The smallest absolute Gasteiger partial charge is 0.262 e. The molecule has 0 atom stereocenters. The quantitative estimate of drug-likeness (QED) is 0.728. The topological polar surface area (TPSA) is 119 Å². The summed E-state index contributed by atoms with van der Waals surface area (Å²) in [6.07, 6.45) is -0.0970. The Morgan fingerprint density at radius 1 is 1.07 bits per heavy atom. The van der Waals surface area contributed by atoms with Crippen LogP contribution >= 0.6 is 0 Å². The van der Waals surface area contributed by atoms with Gasteiger partial charge in [0.15, 0.2) is 0 Å². The molecular weight excluding hydrogens is 420 g/mol. The summed E-state index contributed by atoms with van der Waals surface area (Å²) in [7, 11) is -4.85. The molecule has 0 radical (unpaired) electrons. The van der Waals surface area contributed by atoms with Gasteiger partial charge in [-0.25, -0.2) is 21.1 Å². The Labute approximate surface area is 169 Å². The number of hydrogen-bond donors (Lipinski definition) is 1. The van der Waals surface area contributed by atoms with Crippen LogP contribution in [0, 0.1) is 6.92 Å². The molecule has 1 N–H and O–H groups in total. The van der Waals surface area contributed by atoms with Gasteiger partial charge in [-0.3, -0.25) is 9.52 Å². The number of benzene rings is 2. The van der Waals surface area contributed by atoms with Gasteiger partial charge in [0, 0.05) is 12.5 Å². The van der Waals surface area contributed by atoms with E-state index in [0.717, 1.165) is 4.31 Å². The second-order valence-corrected chi connectivity index (χ2v) is 9.93. The molecule has 0 bridgehead atoms. The van der Waals surface area contributed by atoms with Gasteiger partial charge in [-0.15, -0.1) is 0 Å². The molecule has 2 aromatic carbocycles. The third-order valence-electron chi connectivity index (χ3n) is 4.41.